The van der Waals surface area contributed by atoms with Crippen molar-refractivity contribution in [1.82, 2.24) is 0 Å². The minimum absolute atomic E-state index is 0.120. The molecule has 0 amide bonds. The highest BCUT2D eigenvalue weighted by Crippen LogP contribution is 2.21. The molecule has 0 fully saturated rings. The van der Waals surface area contributed by atoms with Gasteiger partial charge in [0.05, 0.1) is 5.69 Å². The fourth-order valence-electron chi connectivity index (χ4n) is 1.48. The molecule has 0 heterocycles. The average Bonchev–Trinajstić information content (AvgIpc) is 2.21. The third kappa shape index (κ3) is 3.17. The number of nitrogens with zero attached hydrogens (tertiary/aromatic N) is 1. The molecule has 1 aromatic rings. The van der Waals surface area contributed by atoms with E-state index in [1.807, 2.05) is 6.07 Å². The van der Waals surface area contributed by atoms with Crippen molar-refractivity contribution in [3.05, 3.63) is 34.5 Å². The molecule has 0 atom stereocenters. The third-order valence-electron chi connectivity index (χ3n) is 2.20. The van der Waals surface area contributed by atoms with E-state index >= 15 is 0 Å². The smallest absolute Gasteiger partial charge is 0.0543 e. The van der Waals surface area contributed by atoms with Crippen LogP contribution < -0.4 is 16.7 Å². The van der Waals surface area contributed by atoms with Gasteiger partial charge in [0.2, 0.25) is 0 Å². The zero-order valence-electron chi connectivity index (χ0n) is 8.52. The molecule has 5 nitrogen and oxygen atoms in total. The van der Waals surface area contributed by atoms with Crippen LogP contribution in [0.4, 0.5) is 5.69 Å². The molecule has 0 saturated carbocycles. The number of benzene rings is 1. The number of rotatable bonds is 5. The molecule has 0 bridgehead atoms. The fraction of sp³-hybridized carbons (Fsp3) is 0.400. The van der Waals surface area contributed by atoms with Crippen LogP contribution in [0.1, 0.15) is 11.1 Å². The molecule has 0 aliphatic heterocycles. The lowest BCUT2D eigenvalue weighted by molar-refractivity contribution is 0.295. The number of anilines is 1. The summed E-state index contributed by atoms with van der Waals surface area (Å²) in [5.41, 5.74) is 12.7. The van der Waals surface area contributed by atoms with Crippen LogP contribution in [0.3, 0.4) is 0 Å². The second-order valence-electron chi connectivity index (χ2n) is 3.31. The van der Waals surface area contributed by atoms with Crippen molar-refractivity contribution >= 4 is 5.69 Å². The van der Waals surface area contributed by atoms with Gasteiger partial charge in [0.1, 0.15) is 0 Å². The molecule has 1 rings (SSSR count). The van der Waals surface area contributed by atoms with E-state index in [0.717, 1.165) is 11.1 Å². The van der Waals surface area contributed by atoms with Crippen LogP contribution in [0.25, 0.3) is 0 Å². The van der Waals surface area contributed by atoms with Crippen LogP contribution >= 0.6 is 0 Å². The quantitative estimate of drug-likeness (QED) is 0.610. The van der Waals surface area contributed by atoms with Crippen LogP contribution in [0, 0.1) is 5.21 Å². The normalized spacial score (nSPS) is 10.4. The summed E-state index contributed by atoms with van der Waals surface area (Å²) in [6.45, 7) is 0.955. The molecule has 0 aliphatic carbocycles. The van der Waals surface area contributed by atoms with E-state index in [9.17, 15) is 5.21 Å². The van der Waals surface area contributed by atoms with Gasteiger partial charge in [0.25, 0.3) is 0 Å². The van der Waals surface area contributed by atoms with Crippen LogP contribution in [0.15, 0.2) is 18.2 Å². The molecule has 1 aromatic carbocycles. The molecule has 0 saturated heterocycles. The SMILES string of the molecule is NCCc1ccc(CCN)c(N([O-])O)c1. The lowest BCUT2D eigenvalue weighted by Crippen LogP contribution is -2.13. The second-order valence-corrected chi connectivity index (χ2v) is 3.31. The van der Waals surface area contributed by atoms with Crippen LogP contribution in [0.5, 0.6) is 0 Å². The zero-order chi connectivity index (χ0) is 11.3. The lowest BCUT2D eigenvalue weighted by Gasteiger charge is -2.25. The van der Waals surface area contributed by atoms with Crippen molar-refractivity contribution in [2.75, 3.05) is 18.3 Å². The van der Waals surface area contributed by atoms with Crippen LogP contribution in [0.2, 0.25) is 0 Å². The molecule has 0 aromatic heterocycles. The van der Waals surface area contributed by atoms with E-state index in [1.54, 1.807) is 12.1 Å². The summed E-state index contributed by atoms with van der Waals surface area (Å²) in [5, 5.41) is 19.7. The van der Waals surface area contributed by atoms with E-state index < -0.39 is 0 Å². The Hall–Kier alpha value is -1.14. The molecule has 5 N–H and O–H groups in total. The number of hydrogen-bond donors (Lipinski definition) is 3. The predicted molar refractivity (Wildman–Crippen MR) is 59.6 cm³/mol. The molecule has 0 aliphatic rings. The van der Waals surface area contributed by atoms with E-state index in [0.29, 0.717) is 25.9 Å². The number of hydrogen-bond acceptors (Lipinski definition) is 5. The van der Waals surface area contributed by atoms with E-state index in [2.05, 4.69) is 0 Å². The summed E-state index contributed by atoms with van der Waals surface area (Å²) in [5.74, 6) is 0. The van der Waals surface area contributed by atoms with E-state index in [4.69, 9.17) is 16.7 Å². The summed E-state index contributed by atoms with van der Waals surface area (Å²) in [6.07, 6.45) is 1.25. The maximum Gasteiger partial charge on any atom is 0.0543 e. The van der Waals surface area contributed by atoms with Gasteiger partial charge in [-0.15, -0.1) is 0 Å². The molecule has 0 unspecified atom stereocenters. The Kier molecular flexibility index (Phi) is 4.51. The predicted octanol–water partition coefficient (Wildman–Crippen LogP) is 0.382. The summed E-state index contributed by atoms with van der Waals surface area (Å²) >= 11 is 0. The first kappa shape index (κ1) is 11.9. The van der Waals surface area contributed by atoms with Crippen molar-refractivity contribution in [3.63, 3.8) is 0 Å². The minimum atomic E-state index is -0.120. The fourth-order valence-corrected chi connectivity index (χ4v) is 1.48. The molecule has 84 valence electrons. The Balaban J connectivity index is 2.97. The van der Waals surface area contributed by atoms with E-state index in [-0.39, 0.29) is 10.9 Å². The Morgan fingerprint density at radius 1 is 1.20 bits per heavy atom. The second kappa shape index (κ2) is 5.67. The van der Waals surface area contributed by atoms with Gasteiger partial charge in [0, 0.05) is 0 Å². The van der Waals surface area contributed by atoms with Gasteiger partial charge in [-0.25, -0.2) is 0 Å². The van der Waals surface area contributed by atoms with Gasteiger partial charge in [-0.3, -0.25) is 5.21 Å². The Morgan fingerprint density at radius 2 is 1.87 bits per heavy atom. The first-order chi connectivity index (χ1) is 7.19. The summed E-state index contributed by atoms with van der Waals surface area (Å²) in [4.78, 5) is 0. The highest BCUT2D eigenvalue weighted by Gasteiger charge is 2.04. The summed E-state index contributed by atoms with van der Waals surface area (Å²) in [7, 11) is 0. The van der Waals surface area contributed by atoms with Gasteiger partial charge in [0.15, 0.2) is 0 Å². The zero-order valence-corrected chi connectivity index (χ0v) is 8.52. The average molecular weight is 210 g/mol. The van der Waals surface area contributed by atoms with E-state index in [1.165, 1.54) is 0 Å². The van der Waals surface area contributed by atoms with Crippen LogP contribution in [-0.4, -0.2) is 18.3 Å². The Bertz CT molecular complexity index is 316. The molecule has 15 heavy (non-hydrogen) atoms. The standard InChI is InChI=1S/C10H16N3O2/c11-5-3-8-1-2-9(4-6-12)10(7-8)13(14)15/h1-2,7,14H,3-6,11-12H2/q-1. The summed E-state index contributed by atoms with van der Waals surface area (Å²) in [6, 6.07) is 5.34. The van der Waals surface area contributed by atoms with Crippen molar-refractivity contribution in [3.8, 4) is 0 Å². The lowest BCUT2D eigenvalue weighted by atomic mass is 10.0. The largest absolute Gasteiger partial charge is 0.733 e. The molecule has 5 heteroatoms. The molecular weight excluding hydrogens is 194 g/mol. The Labute approximate surface area is 88.8 Å². The first-order valence-electron chi connectivity index (χ1n) is 4.87. The third-order valence-corrected chi connectivity index (χ3v) is 2.20. The van der Waals surface area contributed by atoms with Gasteiger partial charge >= 0.3 is 0 Å². The monoisotopic (exact) mass is 210 g/mol. The van der Waals surface area contributed by atoms with Crippen molar-refractivity contribution in [2.45, 2.75) is 12.8 Å². The molecule has 0 radical (unpaired) electrons. The number of nitrogens with two attached hydrogens (primary N) is 2. The molecule has 0 spiro atoms. The van der Waals surface area contributed by atoms with Crippen molar-refractivity contribution in [1.29, 1.82) is 0 Å². The van der Waals surface area contributed by atoms with Crippen LogP contribution in [-0.2, 0) is 12.8 Å². The molecular formula is C10H16N3O2-. The van der Waals surface area contributed by atoms with Gasteiger partial charge in [-0.05, 0) is 43.1 Å². The Morgan fingerprint density at radius 3 is 2.40 bits per heavy atom. The van der Waals surface area contributed by atoms with Crippen molar-refractivity contribution in [2.24, 2.45) is 11.5 Å². The minimum Gasteiger partial charge on any atom is -0.733 e. The summed E-state index contributed by atoms with van der Waals surface area (Å²) < 4.78 is 0. The van der Waals surface area contributed by atoms with Gasteiger partial charge < -0.3 is 21.9 Å². The maximum absolute atomic E-state index is 10.9. The maximum atomic E-state index is 10.9. The van der Waals surface area contributed by atoms with Gasteiger partial charge in [-0.1, -0.05) is 12.1 Å². The van der Waals surface area contributed by atoms with Crippen molar-refractivity contribution < 1.29 is 5.21 Å². The highest BCUT2D eigenvalue weighted by atomic mass is 16.8. The highest BCUT2D eigenvalue weighted by molar-refractivity contribution is 5.54. The first-order valence-corrected chi connectivity index (χ1v) is 4.87. The van der Waals surface area contributed by atoms with Gasteiger partial charge in [-0.2, -0.15) is 0 Å². The topological polar surface area (TPSA) is 98.6 Å².